The van der Waals surface area contributed by atoms with Gasteiger partial charge in [-0.3, -0.25) is 14.3 Å². The maximum atomic E-state index is 13.5. The molecule has 0 aromatic carbocycles. The lowest BCUT2D eigenvalue weighted by molar-refractivity contribution is -0.324. The minimum absolute atomic E-state index is 0.0442. The first-order valence-corrected chi connectivity index (χ1v) is 15.2. The fourth-order valence-electron chi connectivity index (χ4n) is 5.78. The second-order valence-corrected chi connectivity index (χ2v) is 13.3. The highest BCUT2D eigenvalue weighted by molar-refractivity contribution is 7.91. The summed E-state index contributed by atoms with van der Waals surface area (Å²) in [5.41, 5.74) is -1.90. The van der Waals surface area contributed by atoms with E-state index in [1.165, 1.54) is 12.2 Å². The van der Waals surface area contributed by atoms with Crippen LogP contribution in [-0.4, -0.2) is 79.2 Å². The number of alkyl halides is 8. The maximum absolute atomic E-state index is 13.5. The van der Waals surface area contributed by atoms with Crippen LogP contribution in [0.2, 0.25) is 0 Å². The first-order valence-electron chi connectivity index (χ1n) is 13.1. The molecule has 2 heterocycles. The molecule has 1 saturated carbocycles. The summed E-state index contributed by atoms with van der Waals surface area (Å²) >= 11 is 0. The van der Waals surface area contributed by atoms with Gasteiger partial charge in [0.1, 0.15) is 22.9 Å². The van der Waals surface area contributed by atoms with Crippen molar-refractivity contribution >= 4 is 27.5 Å². The highest BCUT2D eigenvalue weighted by Gasteiger charge is 2.60. The number of fused-ring (bicyclic) bond motifs is 3. The van der Waals surface area contributed by atoms with E-state index in [2.05, 4.69) is 20.5 Å². The van der Waals surface area contributed by atoms with Crippen LogP contribution in [0.15, 0.2) is 24.0 Å². The molecule has 19 heteroatoms. The Bertz CT molecular complexity index is 1490. The van der Waals surface area contributed by atoms with Gasteiger partial charge in [-0.25, -0.2) is 13.1 Å². The lowest BCUT2D eigenvalue weighted by Crippen LogP contribution is -2.61. The Kier molecular flexibility index (Phi) is 8.64. The molecule has 2 unspecified atom stereocenters. The SMILES string of the molecule is CC12C=CC(OCC(F)(F)C(F)(F)F)=CC1CC[C@@]21Cc2nn(CCCOC(F)(F)F)c(NC(=O)CS(C)(=O)=O)c2C(=O)N1. The van der Waals surface area contributed by atoms with E-state index in [0.717, 1.165) is 10.9 Å². The molecule has 246 valence electrons. The fourth-order valence-corrected chi connectivity index (χ4v) is 6.33. The average molecular weight is 665 g/mol. The van der Waals surface area contributed by atoms with E-state index < -0.39 is 76.0 Å². The zero-order chi connectivity index (χ0) is 32.9. The van der Waals surface area contributed by atoms with E-state index in [1.807, 2.05) is 0 Å². The average Bonchev–Trinajstić information content (AvgIpc) is 3.32. The first-order chi connectivity index (χ1) is 20.1. The summed E-state index contributed by atoms with van der Waals surface area (Å²) in [6.07, 6.45) is -5.17. The number of carbonyl (C=O) groups is 2. The highest BCUT2D eigenvalue weighted by Crippen LogP contribution is 2.57. The van der Waals surface area contributed by atoms with Gasteiger partial charge in [0.05, 0.1) is 17.8 Å². The van der Waals surface area contributed by atoms with Gasteiger partial charge in [-0.15, -0.1) is 13.2 Å². The predicted octanol–water partition coefficient (Wildman–Crippen LogP) is 3.90. The zero-order valence-electron chi connectivity index (χ0n) is 23.2. The highest BCUT2D eigenvalue weighted by atomic mass is 32.2. The summed E-state index contributed by atoms with van der Waals surface area (Å²) in [5, 5.41) is 9.61. The van der Waals surface area contributed by atoms with Gasteiger partial charge >= 0.3 is 18.5 Å². The van der Waals surface area contributed by atoms with Gasteiger partial charge in [0.2, 0.25) is 5.91 Å². The van der Waals surface area contributed by atoms with E-state index in [9.17, 15) is 53.1 Å². The van der Waals surface area contributed by atoms with Crippen LogP contribution in [0.5, 0.6) is 0 Å². The number of halogens is 8. The topological polar surface area (TPSA) is 129 Å². The Morgan fingerprint density at radius 2 is 1.89 bits per heavy atom. The van der Waals surface area contributed by atoms with Crippen LogP contribution in [0.3, 0.4) is 0 Å². The molecule has 2 aliphatic carbocycles. The number of nitrogens with zero attached hydrogens (tertiary/aromatic N) is 2. The van der Waals surface area contributed by atoms with Crippen LogP contribution in [0.1, 0.15) is 42.2 Å². The van der Waals surface area contributed by atoms with E-state index >= 15 is 0 Å². The van der Waals surface area contributed by atoms with Crippen molar-refractivity contribution in [2.75, 3.05) is 30.5 Å². The summed E-state index contributed by atoms with van der Waals surface area (Å²) < 4.78 is 135. The third-order valence-corrected chi connectivity index (χ3v) is 8.77. The molecule has 44 heavy (non-hydrogen) atoms. The molecule has 3 aliphatic rings. The fraction of sp³-hybridized carbons (Fsp3) is 0.640. The number of ether oxygens (including phenoxy) is 2. The van der Waals surface area contributed by atoms with E-state index in [0.29, 0.717) is 12.8 Å². The number of carbonyl (C=O) groups excluding carboxylic acids is 2. The number of hydrogen-bond acceptors (Lipinski definition) is 7. The van der Waals surface area contributed by atoms with E-state index in [-0.39, 0.29) is 42.2 Å². The minimum atomic E-state index is -5.79. The Morgan fingerprint density at radius 1 is 1.20 bits per heavy atom. The third-order valence-electron chi connectivity index (χ3n) is 7.98. The normalized spacial score (nSPS) is 25.4. The number of rotatable bonds is 10. The molecule has 1 aliphatic heterocycles. The van der Waals surface area contributed by atoms with Crippen LogP contribution in [0.25, 0.3) is 0 Å². The molecule has 2 N–H and O–H groups in total. The Hall–Kier alpha value is -3.22. The molecule has 1 spiro atoms. The van der Waals surface area contributed by atoms with Crippen molar-refractivity contribution < 1.29 is 62.6 Å². The quantitative estimate of drug-likeness (QED) is 0.287. The van der Waals surface area contributed by atoms with Crippen molar-refractivity contribution in [2.24, 2.45) is 11.3 Å². The molecule has 0 radical (unpaired) electrons. The van der Waals surface area contributed by atoms with E-state index in [1.54, 1.807) is 13.0 Å². The standard InChI is InChI=1S/C25H28F8N4O6S/c1-21-6-5-15(42-13-23(26,27)24(28,29)30)10-14(21)4-7-22(21)11-16-18(20(39)35-22)19(34-17(38)12-44(2,40)41)37(36-16)8-3-9-43-25(31,32)33/h5-6,10,14H,3-4,7-9,11-13H2,1-2H3,(H,34,38)(H,35,39)/t14?,21?,22-/m1/s1. The number of sulfone groups is 1. The number of aryl methyl sites for hydroxylation is 1. The summed E-state index contributed by atoms with van der Waals surface area (Å²) in [6, 6.07) is 0. The monoisotopic (exact) mass is 664 g/mol. The number of allylic oxidation sites excluding steroid dienone is 2. The Labute approximate surface area is 245 Å². The Balaban J connectivity index is 1.59. The second-order valence-electron chi connectivity index (χ2n) is 11.2. The van der Waals surface area contributed by atoms with Gasteiger partial charge in [0.25, 0.3) is 5.91 Å². The molecular weight excluding hydrogens is 636 g/mol. The van der Waals surface area contributed by atoms with Gasteiger partial charge in [-0.05, 0) is 37.3 Å². The first kappa shape index (κ1) is 33.7. The van der Waals surface area contributed by atoms with Gasteiger partial charge in [0, 0.05) is 24.6 Å². The van der Waals surface area contributed by atoms with Crippen molar-refractivity contribution in [1.29, 1.82) is 0 Å². The molecule has 10 nitrogen and oxygen atoms in total. The van der Waals surface area contributed by atoms with Crippen LogP contribution >= 0.6 is 0 Å². The van der Waals surface area contributed by atoms with Gasteiger partial charge < -0.3 is 15.4 Å². The lowest BCUT2D eigenvalue weighted by Gasteiger charge is -2.47. The molecule has 0 bridgehead atoms. The van der Waals surface area contributed by atoms with Crippen molar-refractivity contribution in [1.82, 2.24) is 15.1 Å². The third kappa shape index (κ3) is 6.87. The molecule has 1 aromatic rings. The molecular formula is C25H28F8N4O6S. The van der Waals surface area contributed by atoms with Crippen LogP contribution in [-0.2, 0) is 37.1 Å². The maximum Gasteiger partial charge on any atom is 0.522 e. The number of hydrogen-bond donors (Lipinski definition) is 2. The molecule has 1 aromatic heterocycles. The Morgan fingerprint density at radius 3 is 2.50 bits per heavy atom. The van der Waals surface area contributed by atoms with Gasteiger partial charge in [0.15, 0.2) is 16.4 Å². The van der Waals surface area contributed by atoms with Crippen molar-refractivity contribution in [3.05, 3.63) is 35.2 Å². The summed E-state index contributed by atoms with van der Waals surface area (Å²) in [6.45, 7) is -1.17. The van der Waals surface area contributed by atoms with Crippen LogP contribution in [0.4, 0.5) is 40.9 Å². The smallest absolute Gasteiger partial charge is 0.487 e. The summed E-state index contributed by atoms with van der Waals surface area (Å²) in [5.74, 6) is -8.60. The number of aromatic nitrogens is 2. The van der Waals surface area contributed by atoms with E-state index in [4.69, 9.17) is 4.74 Å². The van der Waals surface area contributed by atoms with Crippen LogP contribution in [0, 0.1) is 11.3 Å². The van der Waals surface area contributed by atoms with Crippen molar-refractivity contribution in [2.45, 2.75) is 63.2 Å². The number of anilines is 1. The largest absolute Gasteiger partial charge is 0.522 e. The predicted molar refractivity (Wildman–Crippen MR) is 136 cm³/mol. The lowest BCUT2D eigenvalue weighted by atomic mass is 9.64. The summed E-state index contributed by atoms with van der Waals surface area (Å²) in [7, 11) is -3.78. The minimum Gasteiger partial charge on any atom is -0.487 e. The van der Waals surface area contributed by atoms with Crippen LogP contribution < -0.4 is 10.6 Å². The van der Waals surface area contributed by atoms with Gasteiger partial charge in [-0.1, -0.05) is 13.0 Å². The van der Waals surface area contributed by atoms with Gasteiger partial charge in [-0.2, -0.15) is 27.1 Å². The molecule has 3 atom stereocenters. The number of amides is 2. The zero-order valence-corrected chi connectivity index (χ0v) is 24.1. The molecule has 0 saturated heterocycles. The van der Waals surface area contributed by atoms with Crippen molar-refractivity contribution in [3.8, 4) is 0 Å². The molecule has 1 fully saturated rings. The van der Waals surface area contributed by atoms with Crippen molar-refractivity contribution in [3.63, 3.8) is 0 Å². The second kappa shape index (κ2) is 11.3. The number of nitrogens with one attached hydrogen (secondary N) is 2. The summed E-state index contributed by atoms with van der Waals surface area (Å²) in [4.78, 5) is 26.0. The molecule has 4 rings (SSSR count). The molecule has 2 amide bonds.